The molecule has 3 heterocycles. The summed E-state index contributed by atoms with van der Waals surface area (Å²) in [6, 6.07) is 12.1. The average molecular weight is 482 g/mol. The Labute approximate surface area is 199 Å². The Hall–Kier alpha value is -3.20. The lowest BCUT2D eigenvalue weighted by Crippen LogP contribution is -2.43. The monoisotopic (exact) mass is 481 g/mol. The fraction of sp³-hybridized carbons (Fsp3) is 0.400. The normalized spacial score (nSPS) is 21.5. The number of benzene rings is 2. The summed E-state index contributed by atoms with van der Waals surface area (Å²) in [4.78, 5) is 29.6. The third kappa shape index (κ3) is 3.87. The fourth-order valence-electron chi connectivity index (χ4n) is 4.98. The van der Waals surface area contributed by atoms with E-state index in [0.717, 1.165) is 36.9 Å². The molecule has 3 aliphatic rings. The molecule has 2 atom stereocenters. The fourth-order valence-corrected chi connectivity index (χ4v) is 6.27. The van der Waals surface area contributed by atoms with Gasteiger partial charge >= 0.3 is 5.97 Å². The van der Waals surface area contributed by atoms with Gasteiger partial charge in [0.2, 0.25) is 0 Å². The molecule has 0 bridgehead atoms. The first-order chi connectivity index (χ1) is 16.3. The zero-order chi connectivity index (χ0) is 24.0. The number of amides is 1. The van der Waals surface area contributed by atoms with E-state index in [4.69, 9.17) is 4.74 Å². The summed E-state index contributed by atoms with van der Waals surface area (Å²) >= 11 is 0. The van der Waals surface area contributed by atoms with Crippen LogP contribution >= 0.6 is 0 Å². The van der Waals surface area contributed by atoms with Gasteiger partial charge in [0.25, 0.3) is 15.9 Å². The number of esters is 1. The highest BCUT2D eigenvalue weighted by Gasteiger charge is 2.36. The summed E-state index contributed by atoms with van der Waals surface area (Å²) < 4.78 is 35.2. The van der Waals surface area contributed by atoms with Crippen LogP contribution in [0.25, 0.3) is 0 Å². The van der Waals surface area contributed by atoms with Gasteiger partial charge in [-0.3, -0.25) is 4.79 Å². The minimum absolute atomic E-state index is 0.00586. The van der Waals surface area contributed by atoms with Gasteiger partial charge < -0.3 is 14.5 Å². The summed E-state index contributed by atoms with van der Waals surface area (Å²) in [7, 11) is -3.92. The summed E-state index contributed by atoms with van der Waals surface area (Å²) in [6.45, 7) is 4.18. The van der Waals surface area contributed by atoms with Crippen LogP contribution in [-0.2, 0) is 26.0 Å². The Morgan fingerprint density at radius 1 is 1.09 bits per heavy atom. The number of amidine groups is 1. The Balaban J connectivity index is 1.37. The SMILES string of the molecule is CC(OC(=O)c1ccc2c(c1)S(=O)(=O)N=C1CCCCCN12)C(=O)N1c2ccccc2CC1C. The number of para-hydroxylation sites is 1. The van der Waals surface area contributed by atoms with Crippen molar-refractivity contribution in [3.05, 3.63) is 53.6 Å². The van der Waals surface area contributed by atoms with Gasteiger partial charge in [-0.1, -0.05) is 24.6 Å². The van der Waals surface area contributed by atoms with Crippen molar-refractivity contribution in [2.24, 2.45) is 4.40 Å². The van der Waals surface area contributed by atoms with E-state index in [0.29, 0.717) is 24.5 Å². The van der Waals surface area contributed by atoms with Crippen LogP contribution in [0.4, 0.5) is 11.4 Å². The number of anilines is 2. The number of sulfonamides is 1. The van der Waals surface area contributed by atoms with Crippen LogP contribution in [0, 0.1) is 0 Å². The number of hydrogen-bond acceptors (Lipinski definition) is 6. The molecule has 9 heteroatoms. The van der Waals surface area contributed by atoms with E-state index in [9.17, 15) is 18.0 Å². The second kappa shape index (κ2) is 8.54. The molecule has 1 fully saturated rings. The molecule has 5 rings (SSSR count). The lowest BCUT2D eigenvalue weighted by molar-refractivity contribution is -0.126. The first-order valence-corrected chi connectivity index (χ1v) is 13.1. The molecule has 0 N–H and O–H groups in total. The van der Waals surface area contributed by atoms with Crippen LogP contribution < -0.4 is 9.80 Å². The van der Waals surface area contributed by atoms with Crippen molar-refractivity contribution in [2.45, 2.75) is 63.0 Å². The predicted octanol–water partition coefficient (Wildman–Crippen LogP) is 3.69. The van der Waals surface area contributed by atoms with Crippen LogP contribution in [0.15, 0.2) is 51.8 Å². The number of ether oxygens (including phenoxy) is 1. The van der Waals surface area contributed by atoms with Crippen LogP contribution in [-0.4, -0.2) is 44.8 Å². The summed E-state index contributed by atoms with van der Waals surface area (Å²) in [5, 5.41) is 0. The van der Waals surface area contributed by atoms with Gasteiger partial charge in [0.15, 0.2) is 6.10 Å². The standard InChI is InChI=1S/C25H27N3O5S/c1-16-14-18-8-5-6-9-20(18)28(16)24(29)17(2)33-25(30)19-11-12-21-22(15-19)34(31,32)26-23-10-4-3-7-13-27(21)23/h5-6,8-9,11-12,15-17H,3-4,7,10,13-14H2,1-2H3. The van der Waals surface area contributed by atoms with E-state index in [-0.39, 0.29) is 22.4 Å². The predicted molar refractivity (Wildman–Crippen MR) is 129 cm³/mol. The molecule has 0 spiro atoms. The largest absolute Gasteiger partial charge is 0.449 e. The van der Waals surface area contributed by atoms with Crippen molar-refractivity contribution in [1.29, 1.82) is 0 Å². The maximum atomic E-state index is 13.1. The van der Waals surface area contributed by atoms with Gasteiger partial charge in [0, 0.05) is 24.7 Å². The van der Waals surface area contributed by atoms with E-state index in [1.54, 1.807) is 17.0 Å². The molecule has 178 valence electrons. The third-order valence-electron chi connectivity index (χ3n) is 6.66. The van der Waals surface area contributed by atoms with E-state index in [2.05, 4.69) is 4.40 Å². The molecule has 3 aliphatic heterocycles. The molecule has 0 saturated carbocycles. The second-order valence-corrected chi connectivity index (χ2v) is 10.6. The molecular formula is C25H27N3O5S. The number of hydrogen-bond donors (Lipinski definition) is 0. The van der Waals surface area contributed by atoms with E-state index in [1.807, 2.05) is 36.1 Å². The quantitative estimate of drug-likeness (QED) is 0.621. The van der Waals surface area contributed by atoms with Crippen molar-refractivity contribution in [3.63, 3.8) is 0 Å². The molecule has 1 amide bonds. The maximum absolute atomic E-state index is 13.1. The molecule has 0 aliphatic carbocycles. The maximum Gasteiger partial charge on any atom is 0.338 e. The number of nitrogens with zero attached hydrogens (tertiary/aromatic N) is 3. The Kier molecular flexibility index (Phi) is 5.67. The van der Waals surface area contributed by atoms with E-state index in [1.165, 1.54) is 13.0 Å². The number of rotatable bonds is 3. The number of carbonyl (C=O) groups excluding carboxylic acids is 2. The summed E-state index contributed by atoms with van der Waals surface area (Å²) in [5.41, 5.74) is 2.52. The van der Waals surface area contributed by atoms with E-state index < -0.39 is 22.1 Å². The lowest BCUT2D eigenvalue weighted by atomic mass is 10.1. The van der Waals surface area contributed by atoms with Gasteiger partial charge in [0.05, 0.1) is 11.3 Å². The van der Waals surface area contributed by atoms with Crippen molar-refractivity contribution >= 4 is 39.1 Å². The minimum Gasteiger partial charge on any atom is -0.449 e. The highest BCUT2D eigenvalue weighted by Crippen LogP contribution is 2.36. The molecule has 34 heavy (non-hydrogen) atoms. The highest BCUT2D eigenvalue weighted by atomic mass is 32.2. The van der Waals surface area contributed by atoms with Gasteiger partial charge in [-0.25, -0.2) is 4.79 Å². The highest BCUT2D eigenvalue weighted by molar-refractivity contribution is 7.90. The van der Waals surface area contributed by atoms with Crippen molar-refractivity contribution in [1.82, 2.24) is 0 Å². The first kappa shape index (κ1) is 22.6. The first-order valence-electron chi connectivity index (χ1n) is 11.6. The van der Waals surface area contributed by atoms with Gasteiger partial charge in [-0.15, -0.1) is 4.40 Å². The topological polar surface area (TPSA) is 96.4 Å². The number of fused-ring (bicyclic) bond motifs is 4. The molecule has 2 unspecified atom stereocenters. The van der Waals surface area contributed by atoms with Crippen molar-refractivity contribution < 1.29 is 22.7 Å². The van der Waals surface area contributed by atoms with E-state index >= 15 is 0 Å². The third-order valence-corrected chi connectivity index (χ3v) is 7.99. The smallest absolute Gasteiger partial charge is 0.338 e. The van der Waals surface area contributed by atoms with Crippen LogP contribution in [0.5, 0.6) is 0 Å². The molecule has 1 saturated heterocycles. The Bertz CT molecular complexity index is 1300. The molecule has 2 aromatic carbocycles. The van der Waals surface area contributed by atoms with Crippen LogP contribution in [0.3, 0.4) is 0 Å². The molecular weight excluding hydrogens is 454 g/mol. The zero-order valence-electron chi connectivity index (χ0n) is 19.2. The summed E-state index contributed by atoms with van der Waals surface area (Å²) in [6.07, 6.45) is 3.19. The molecule has 0 aromatic heterocycles. The zero-order valence-corrected chi connectivity index (χ0v) is 20.0. The van der Waals surface area contributed by atoms with Gasteiger partial charge in [-0.2, -0.15) is 8.42 Å². The number of carbonyl (C=O) groups is 2. The lowest BCUT2D eigenvalue weighted by Gasteiger charge is -2.29. The van der Waals surface area contributed by atoms with Crippen molar-refractivity contribution in [3.8, 4) is 0 Å². The molecule has 2 aromatic rings. The van der Waals surface area contributed by atoms with Gasteiger partial charge in [0.1, 0.15) is 10.7 Å². The second-order valence-electron chi connectivity index (χ2n) is 9.07. The Morgan fingerprint density at radius 3 is 2.71 bits per heavy atom. The van der Waals surface area contributed by atoms with Gasteiger partial charge in [-0.05, 0) is 62.9 Å². The molecule has 0 radical (unpaired) electrons. The molecule has 8 nitrogen and oxygen atoms in total. The minimum atomic E-state index is -3.92. The summed E-state index contributed by atoms with van der Waals surface area (Å²) in [5.74, 6) is -0.501. The van der Waals surface area contributed by atoms with Crippen LogP contribution in [0.2, 0.25) is 0 Å². The van der Waals surface area contributed by atoms with Crippen molar-refractivity contribution in [2.75, 3.05) is 16.3 Å². The van der Waals surface area contributed by atoms with Crippen LogP contribution in [0.1, 0.15) is 55.5 Å². The average Bonchev–Trinajstić information content (AvgIpc) is 2.97. The Morgan fingerprint density at radius 2 is 1.88 bits per heavy atom.